The highest BCUT2D eigenvalue weighted by atomic mass is 79.9. The van der Waals surface area contributed by atoms with E-state index >= 15 is 0 Å². The first kappa shape index (κ1) is 15.5. The molecule has 1 aromatic rings. The Morgan fingerprint density at radius 2 is 2.11 bits per heavy atom. The first-order chi connectivity index (χ1) is 8.43. The Morgan fingerprint density at radius 3 is 2.67 bits per heavy atom. The second kappa shape index (κ2) is 7.11. The van der Waals surface area contributed by atoms with E-state index in [1.165, 1.54) is 0 Å². The Bertz CT molecular complexity index is 438. The summed E-state index contributed by atoms with van der Waals surface area (Å²) in [5.74, 6) is -0.0811. The van der Waals surface area contributed by atoms with Crippen molar-refractivity contribution >= 4 is 37.8 Å². The average molecular weight is 381 g/mol. The zero-order valence-corrected chi connectivity index (χ0v) is 13.4. The maximum absolute atomic E-state index is 10.7. The topological polar surface area (TPSA) is 49.8 Å². The van der Waals surface area contributed by atoms with Crippen LogP contribution in [0, 0.1) is 0 Å². The second-order valence-electron chi connectivity index (χ2n) is 3.87. The predicted molar refractivity (Wildman–Crippen MR) is 77.0 cm³/mol. The standard InChI is InChI=1S/C12H15Br2NO3/c1-3-18-12-8(4-9(13)5-10(12)14)6-15(2)7-11(16)17/h4-5H,3,6-7H2,1-2H3,(H,16,17). The molecule has 0 saturated carbocycles. The van der Waals surface area contributed by atoms with E-state index in [0.717, 1.165) is 20.3 Å². The molecule has 0 heterocycles. The van der Waals surface area contributed by atoms with Crippen molar-refractivity contribution in [2.45, 2.75) is 13.5 Å². The summed E-state index contributed by atoms with van der Waals surface area (Å²) in [5.41, 5.74) is 0.946. The van der Waals surface area contributed by atoms with E-state index in [4.69, 9.17) is 9.84 Å². The highest BCUT2D eigenvalue weighted by molar-refractivity contribution is 9.11. The SMILES string of the molecule is CCOc1c(Br)cc(Br)cc1CN(C)CC(=O)O. The summed E-state index contributed by atoms with van der Waals surface area (Å²) >= 11 is 6.87. The fourth-order valence-corrected chi connectivity index (χ4v) is 3.04. The van der Waals surface area contributed by atoms with Gasteiger partial charge in [-0.05, 0) is 42.0 Å². The van der Waals surface area contributed by atoms with Crippen LogP contribution >= 0.6 is 31.9 Å². The first-order valence-electron chi connectivity index (χ1n) is 5.45. The van der Waals surface area contributed by atoms with Gasteiger partial charge in [0, 0.05) is 16.6 Å². The highest BCUT2D eigenvalue weighted by Crippen LogP contribution is 2.33. The summed E-state index contributed by atoms with van der Waals surface area (Å²) in [6.07, 6.45) is 0. The van der Waals surface area contributed by atoms with Crippen LogP contribution in [0.1, 0.15) is 12.5 Å². The van der Waals surface area contributed by atoms with Crippen LogP contribution in [0.3, 0.4) is 0 Å². The first-order valence-corrected chi connectivity index (χ1v) is 7.03. The third kappa shape index (κ3) is 4.59. The Morgan fingerprint density at radius 1 is 1.44 bits per heavy atom. The fourth-order valence-electron chi connectivity index (χ4n) is 1.61. The van der Waals surface area contributed by atoms with Gasteiger partial charge in [-0.3, -0.25) is 9.69 Å². The van der Waals surface area contributed by atoms with E-state index < -0.39 is 5.97 Å². The minimum atomic E-state index is -0.843. The lowest BCUT2D eigenvalue weighted by molar-refractivity contribution is -0.138. The number of hydrogen-bond acceptors (Lipinski definition) is 3. The van der Waals surface area contributed by atoms with Crippen LogP contribution in [-0.2, 0) is 11.3 Å². The van der Waals surface area contributed by atoms with E-state index in [1.807, 2.05) is 19.1 Å². The number of carboxylic acids is 1. The molecule has 0 amide bonds. The monoisotopic (exact) mass is 379 g/mol. The molecule has 4 nitrogen and oxygen atoms in total. The zero-order valence-electron chi connectivity index (χ0n) is 10.2. The summed E-state index contributed by atoms with van der Waals surface area (Å²) in [5, 5.41) is 8.75. The number of rotatable bonds is 6. The van der Waals surface area contributed by atoms with Crippen molar-refractivity contribution in [3.05, 3.63) is 26.6 Å². The molecule has 0 saturated heterocycles. The number of likely N-dealkylation sites (N-methyl/N-ethyl adjacent to an activating group) is 1. The number of ether oxygens (including phenoxy) is 1. The Hall–Kier alpha value is -0.590. The van der Waals surface area contributed by atoms with Gasteiger partial charge in [-0.25, -0.2) is 0 Å². The van der Waals surface area contributed by atoms with Gasteiger partial charge in [-0.15, -0.1) is 0 Å². The van der Waals surface area contributed by atoms with Crippen LogP contribution in [-0.4, -0.2) is 36.2 Å². The minimum Gasteiger partial charge on any atom is -0.492 e. The van der Waals surface area contributed by atoms with Crippen LogP contribution in [0.15, 0.2) is 21.1 Å². The molecule has 0 bridgehead atoms. The van der Waals surface area contributed by atoms with Gasteiger partial charge < -0.3 is 9.84 Å². The van der Waals surface area contributed by atoms with Crippen molar-refractivity contribution in [2.24, 2.45) is 0 Å². The largest absolute Gasteiger partial charge is 0.492 e. The van der Waals surface area contributed by atoms with Gasteiger partial charge in [0.1, 0.15) is 5.75 Å². The summed E-state index contributed by atoms with van der Waals surface area (Å²) in [7, 11) is 1.76. The molecule has 100 valence electrons. The van der Waals surface area contributed by atoms with Crippen LogP contribution in [0.25, 0.3) is 0 Å². The number of nitrogens with zero attached hydrogens (tertiary/aromatic N) is 1. The normalized spacial score (nSPS) is 10.7. The smallest absolute Gasteiger partial charge is 0.317 e. The van der Waals surface area contributed by atoms with E-state index in [9.17, 15) is 4.79 Å². The van der Waals surface area contributed by atoms with Gasteiger partial charge in [0.25, 0.3) is 0 Å². The number of carbonyl (C=O) groups is 1. The number of carboxylic acid groups (broad SMARTS) is 1. The lowest BCUT2D eigenvalue weighted by atomic mass is 10.2. The third-order valence-corrected chi connectivity index (χ3v) is 3.27. The number of aliphatic carboxylic acids is 1. The average Bonchev–Trinajstić information content (AvgIpc) is 2.21. The number of halogens is 2. The van der Waals surface area contributed by atoms with Gasteiger partial charge in [0.15, 0.2) is 0 Å². The van der Waals surface area contributed by atoms with Gasteiger partial charge in [-0.2, -0.15) is 0 Å². The van der Waals surface area contributed by atoms with Crippen LogP contribution in [0.2, 0.25) is 0 Å². The molecule has 0 atom stereocenters. The van der Waals surface area contributed by atoms with Crippen molar-refractivity contribution in [3.63, 3.8) is 0 Å². The molecule has 0 spiro atoms. The maximum Gasteiger partial charge on any atom is 0.317 e. The molecule has 1 rings (SSSR count). The van der Waals surface area contributed by atoms with Gasteiger partial charge in [0.05, 0.1) is 17.6 Å². The van der Waals surface area contributed by atoms with Crippen molar-refractivity contribution in [3.8, 4) is 5.75 Å². The molecular formula is C12H15Br2NO3. The van der Waals surface area contributed by atoms with Crippen LogP contribution in [0.5, 0.6) is 5.75 Å². The second-order valence-corrected chi connectivity index (χ2v) is 5.64. The molecule has 18 heavy (non-hydrogen) atoms. The third-order valence-electron chi connectivity index (χ3n) is 2.22. The van der Waals surface area contributed by atoms with E-state index in [1.54, 1.807) is 11.9 Å². The van der Waals surface area contributed by atoms with Gasteiger partial charge in [-0.1, -0.05) is 15.9 Å². The van der Waals surface area contributed by atoms with Crippen molar-refractivity contribution in [2.75, 3.05) is 20.2 Å². The summed E-state index contributed by atoms with van der Waals surface area (Å²) < 4.78 is 7.37. The van der Waals surface area contributed by atoms with Crippen LogP contribution in [0.4, 0.5) is 0 Å². The summed E-state index contributed by atoms with van der Waals surface area (Å²) in [6, 6.07) is 3.85. The molecule has 0 aliphatic heterocycles. The van der Waals surface area contributed by atoms with Crippen molar-refractivity contribution in [1.82, 2.24) is 4.90 Å². The van der Waals surface area contributed by atoms with Crippen molar-refractivity contribution < 1.29 is 14.6 Å². The molecule has 6 heteroatoms. The molecular weight excluding hydrogens is 366 g/mol. The maximum atomic E-state index is 10.7. The van der Waals surface area contributed by atoms with Crippen LogP contribution < -0.4 is 4.74 Å². The molecule has 1 N–H and O–H groups in total. The quantitative estimate of drug-likeness (QED) is 0.823. The fraction of sp³-hybridized carbons (Fsp3) is 0.417. The lowest BCUT2D eigenvalue weighted by Gasteiger charge is -2.18. The van der Waals surface area contributed by atoms with Crippen molar-refractivity contribution in [1.29, 1.82) is 0 Å². The molecule has 1 aromatic carbocycles. The predicted octanol–water partition coefficient (Wildman–Crippen LogP) is 3.13. The summed E-state index contributed by atoms with van der Waals surface area (Å²) in [4.78, 5) is 12.4. The summed E-state index contributed by atoms with van der Waals surface area (Å²) in [6.45, 7) is 2.99. The molecule has 0 radical (unpaired) electrons. The molecule has 0 aliphatic rings. The Balaban J connectivity index is 2.95. The Kier molecular flexibility index (Phi) is 6.11. The van der Waals surface area contributed by atoms with E-state index in [2.05, 4.69) is 31.9 Å². The van der Waals surface area contributed by atoms with E-state index in [-0.39, 0.29) is 6.54 Å². The minimum absolute atomic E-state index is 0.00427. The van der Waals surface area contributed by atoms with Gasteiger partial charge >= 0.3 is 5.97 Å². The van der Waals surface area contributed by atoms with E-state index in [0.29, 0.717) is 13.2 Å². The highest BCUT2D eigenvalue weighted by Gasteiger charge is 2.13. The number of hydrogen-bond donors (Lipinski definition) is 1. The number of benzene rings is 1. The van der Waals surface area contributed by atoms with Gasteiger partial charge in [0.2, 0.25) is 0 Å². The molecule has 0 aliphatic carbocycles. The molecule has 0 aromatic heterocycles. The molecule has 0 fully saturated rings. The lowest BCUT2D eigenvalue weighted by Crippen LogP contribution is -2.25. The zero-order chi connectivity index (χ0) is 13.7. The Labute approximate surface area is 123 Å². The molecule has 0 unspecified atom stereocenters.